The second-order valence-electron chi connectivity index (χ2n) is 13.0. The van der Waals surface area contributed by atoms with Crippen LogP contribution in [0.5, 0.6) is 46.0 Å². The molecule has 4 aromatic carbocycles. The fourth-order valence-electron chi connectivity index (χ4n) is 6.59. The molecular formula is C42H49N3O10. The number of nitrogens with one attached hydrogen (secondary N) is 2. The second-order valence-corrected chi connectivity index (χ2v) is 13.0. The molecule has 13 heteroatoms. The summed E-state index contributed by atoms with van der Waals surface area (Å²) in [6, 6.07) is 20.7. The highest BCUT2D eigenvalue weighted by atomic mass is 16.6. The standard InChI is InChI=1S/C42H49N3O10/c1-47-29-14-15-31-30(24-29)42(46)44-41(43-31)27-13-17-34(36(21-27)49-3)53-18-10-8-7-9-11-19-54-37-20-26(12-16-33(37)48-2)35-25-32(45-55-35)28-22-38(50-4)40(52-6)39(23-28)51-5/h12-17,20-24,35,41,43H,7-11,18-19,25H2,1-6H3,(H,44,46). The number of rotatable bonds is 19. The number of anilines is 1. The van der Waals surface area contributed by atoms with Crippen molar-refractivity contribution >= 4 is 17.3 Å². The molecule has 0 aromatic heterocycles. The molecule has 0 aliphatic carbocycles. The van der Waals surface area contributed by atoms with Crippen molar-refractivity contribution in [2.24, 2.45) is 5.16 Å². The Kier molecular flexibility index (Phi) is 12.9. The third-order valence-electron chi connectivity index (χ3n) is 9.60. The van der Waals surface area contributed by atoms with E-state index in [9.17, 15) is 4.79 Å². The lowest BCUT2D eigenvalue weighted by Crippen LogP contribution is -2.38. The molecule has 2 unspecified atom stereocenters. The largest absolute Gasteiger partial charge is 0.497 e. The first-order valence-electron chi connectivity index (χ1n) is 18.3. The lowest BCUT2D eigenvalue weighted by atomic mass is 9.99. The number of nitrogens with zero attached hydrogens (tertiary/aromatic N) is 1. The third kappa shape index (κ3) is 9.05. The van der Waals surface area contributed by atoms with Gasteiger partial charge in [0.2, 0.25) is 5.75 Å². The molecule has 2 atom stereocenters. The molecule has 292 valence electrons. The Morgan fingerprint density at radius 3 is 1.93 bits per heavy atom. The highest BCUT2D eigenvalue weighted by Gasteiger charge is 2.28. The van der Waals surface area contributed by atoms with Crippen LogP contribution in [-0.2, 0) is 4.84 Å². The van der Waals surface area contributed by atoms with E-state index in [0.29, 0.717) is 71.2 Å². The zero-order valence-electron chi connectivity index (χ0n) is 32.2. The summed E-state index contributed by atoms with van der Waals surface area (Å²) in [7, 11) is 9.57. The van der Waals surface area contributed by atoms with E-state index in [1.54, 1.807) is 48.7 Å². The Hall–Kier alpha value is -5.98. The smallest absolute Gasteiger partial charge is 0.255 e. The molecule has 2 heterocycles. The summed E-state index contributed by atoms with van der Waals surface area (Å²) in [5.41, 5.74) is 4.69. The Bertz CT molecular complexity index is 1960. The Labute approximate surface area is 321 Å². The lowest BCUT2D eigenvalue weighted by Gasteiger charge is -2.28. The van der Waals surface area contributed by atoms with E-state index < -0.39 is 6.17 Å². The number of hydrogen-bond acceptors (Lipinski definition) is 12. The minimum Gasteiger partial charge on any atom is -0.497 e. The molecule has 0 radical (unpaired) electrons. The number of ether oxygens (including phenoxy) is 8. The Morgan fingerprint density at radius 2 is 1.25 bits per heavy atom. The van der Waals surface area contributed by atoms with Crippen LogP contribution in [0, 0.1) is 0 Å². The summed E-state index contributed by atoms with van der Waals surface area (Å²) in [5, 5.41) is 10.8. The molecule has 13 nitrogen and oxygen atoms in total. The van der Waals surface area contributed by atoms with Gasteiger partial charge in [-0.15, -0.1) is 0 Å². The fourth-order valence-corrected chi connectivity index (χ4v) is 6.59. The minimum absolute atomic E-state index is 0.174. The maximum atomic E-state index is 12.8. The van der Waals surface area contributed by atoms with Crippen molar-refractivity contribution in [3.05, 3.63) is 89.0 Å². The van der Waals surface area contributed by atoms with Crippen LogP contribution >= 0.6 is 0 Å². The number of benzene rings is 4. The molecule has 4 aromatic rings. The van der Waals surface area contributed by atoms with Gasteiger partial charge in [-0.05, 0) is 78.6 Å². The number of carbonyl (C=O) groups is 1. The number of unbranched alkanes of at least 4 members (excludes halogenated alkanes) is 4. The summed E-state index contributed by atoms with van der Waals surface area (Å²) >= 11 is 0. The zero-order valence-corrected chi connectivity index (χ0v) is 32.2. The van der Waals surface area contributed by atoms with Gasteiger partial charge in [0, 0.05) is 17.7 Å². The van der Waals surface area contributed by atoms with Crippen molar-refractivity contribution in [2.45, 2.75) is 50.8 Å². The van der Waals surface area contributed by atoms with Crippen LogP contribution in [0.4, 0.5) is 5.69 Å². The Balaban J connectivity index is 0.923. The number of carbonyl (C=O) groups excluding carboxylic acids is 1. The van der Waals surface area contributed by atoms with Crippen LogP contribution in [0.2, 0.25) is 0 Å². The van der Waals surface area contributed by atoms with Gasteiger partial charge < -0.3 is 53.4 Å². The van der Waals surface area contributed by atoms with Crippen molar-refractivity contribution in [3.8, 4) is 46.0 Å². The van der Waals surface area contributed by atoms with Gasteiger partial charge in [-0.1, -0.05) is 36.6 Å². The van der Waals surface area contributed by atoms with E-state index in [4.69, 9.17) is 42.7 Å². The predicted molar refractivity (Wildman–Crippen MR) is 208 cm³/mol. The molecule has 1 amide bonds. The maximum absolute atomic E-state index is 12.8. The summed E-state index contributed by atoms with van der Waals surface area (Å²) in [6.45, 7) is 1.13. The van der Waals surface area contributed by atoms with Crippen molar-refractivity contribution < 1.29 is 47.5 Å². The van der Waals surface area contributed by atoms with Crippen LogP contribution < -0.4 is 48.5 Å². The molecule has 6 rings (SSSR count). The first kappa shape index (κ1) is 38.7. The van der Waals surface area contributed by atoms with Crippen LogP contribution in [0.3, 0.4) is 0 Å². The number of amides is 1. The number of fused-ring (bicyclic) bond motifs is 1. The summed E-state index contributed by atoms with van der Waals surface area (Å²) in [6.07, 6.45) is 4.79. The molecule has 2 N–H and O–H groups in total. The van der Waals surface area contributed by atoms with E-state index in [0.717, 1.165) is 60.2 Å². The van der Waals surface area contributed by atoms with E-state index >= 15 is 0 Å². The van der Waals surface area contributed by atoms with Gasteiger partial charge in [0.05, 0.1) is 67.1 Å². The normalized spacial score (nSPS) is 15.7. The van der Waals surface area contributed by atoms with Gasteiger partial charge in [-0.2, -0.15) is 0 Å². The zero-order chi connectivity index (χ0) is 38.7. The quantitative estimate of drug-likeness (QED) is 0.0906. The average molecular weight is 756 g/mol. The fraction of sp³-hybridized carbons (Fsp3) is 0.381. The summed E-state index contributed by atoms with van der Waals surface area (Å²) in [4.78, 5) is 18.7. The highest BCUT2D eigenvalue weighted by molar-refractivity contribution is 6.03. The monoisotopic (exact) mass is 755 g/mol. The predicted octanol–water partition coefficient (Wildman–Crippen LogP) is 7.87. The van der Waals surface area contributed by atoms with E-state index in [-0.39, 0.29) is 12.0 Å². The van der Waals surface area contributed by atoms with Crippen LogP contribution in [0.1, 0.15) is 77.8 Å². The first-order chi connectivity index (χ1) is 26.9. The van der Waals surface area contributed by atoms with Crippen LogP contribution in [0.15, 0.2) is 71.9 Å². The van der Waals surface area contributed by atoms with Crippen LogP contribution in [-0.4, -0.2) is 67.5 Å². The van der Waals surface area contributed by atoms with E-state index in [1.165, 1.54) is 0 Å². The molecule has 0 bridgehead atoms. The number of methoxy groups -OCH3 is 6. The van der Waals surface area contributed by atoms with Gasteiger partial charge in [-0.25, -0.2) is 0 Å². The molecule has 2 aliphatic heterocycles. The Morgan fingerprint density at radius 1 is 0.618 bits per heavy atom. The first-order valence-corrected chi connectivity index (χ1v) is 18.3. The molecule has 2 aliphatic rings. The van der Waals surface area contributed by atoms with Crippen molar-refractivity contribution in [1.29, 1.82) is 0 Å². The molecule has 0 saturated heterocycles. The minimum atomic E-state index is -0.406. The summed E-state index contributed by atoms with van der Waals surface area (Å²) in [5.74, 6) is 4.70. The van der Waals surface area contributed by atoms with E-state index in [1.807, 2.05) is 60.7 Å². The van der Waals surface area contributed by atoms with Crippen molar-refractivity contribution in [1.82, 2.24) is 5.32 Å². The van der Waals surface area contributed by atoms with Gasteiger partial charge in [0.1, 0.15) is 11.9 Å². The molecular weight excluding hydrogens is 706 g/mol. The van der Waals surface area contributed by atoms with Gasteiger partial charge >= 0.3 is 0 Å². The highest BCUT2D eigenvalue weighted by Crippen LogP contribution is 2.41. The maximum Gasteiger partial charge on any atom is 0.255 e. The SMILES string of the molecule is COc1ccc2c(c1)C(=O)NC(c1ccc(OCCCCCCCOc3cc(C4CC(c5cc(OC)c(OC)c(OC)c5)=NO4)ccc3OC)c(OC)c1)N2. The van der Waals surface area contributed by atoms with Crippen molar-refractivity contribution in [2.75, 3.05) is 61.2 Å². The van der Waals surface area contributed by atoms with Gasteiger partial charge in [0.15, 0.2) is 40.6 Å². The molecule has 55 heavy (non-hydrogen) atoms. The van der Waals surface area contributed by atoms with Crippen LogP contribution in [0.25, 0.3) is 0 Å². The third-order valence-corrected chi connectivity index (χ3v) is 9.60. The second kappa shape index (κ2) is 18.4. The van der Waals surface area contributed by atoms with Gasteiger partial charge in [-0.3, -0.25) is 4.79 Å². The number of hydrogen-bond donors (Lipinski definition) is 2. The van der Waals surface area contributed by atoms with Crippen molar-refractivity contribution in [3.63, 3.8) is 0 Å². The van der Waals surface area contributed by atoms with E-state index in [2.05, 4.69) is 15.8 Å². The van der Waals surface area contributed by atoms with Gasteiger partial charge in [0.25, 0.3) is 5.91 Å². The number of oxime groups is 1. The molecule has 0 saturated carbocycles. The molecule has 0 fully saturated rings. The topological polar surface area (TPSA) is 137 Å². The average Bonchev–Trinajstić information content (AvgIpc) is 3.73. The lowest BCUT2D eigenvalue weighted by molar-refractivity contribution is 0.0854. The molecule has 0 spiro atoms. The summed E-state index contributed by atoms with van der Waals surface area (Å²) < 4.78 is 45.2.